The number of nitrogens with zero attached hydrogens (tertiary/aromatic N) is 1. The highest BCUT2D eigenvalue weighted by molar-refractivity contribution is 7.01. The maximum Gasteiger partial charge on any atom is 0.266 e. The summed E-state index contributed by atoms with van der Waals surface area (Å²) in [6.07, 6.45) is 0. The van der Waals surface area contributed by atoms with E-state index in [1.54, 1.807) is 0 Å². The van der Waals surface area contributed by atoms with Crippen molar-refractivity contribution in [3.63, 3.8) is 0 Å². The van der Waals surface area contributed by atoms with E-state index in [9.17, 15) is 0 Å². The number of para-hydroxylation sites is 1. The summed E-state index contributed by atoms with van der Waals surface area (Å²) in [5, 5.41) is 7.46. The van der Waals surface area contributed by atoms with Gasteiger partial charge in [-0.25, -0.2) is 0 Å². The molecule has 0 radical (unpaired) electrons. The van der Waals surface area contributed by atoms with Gasteiger partial charge in [0, 0.05) is 22.2 Å². The van der Waals surface area contributed by atoms with Gasteiger partial charge in [-0.15, -0.1) is 0 Å². The van der Waals surface area contributed by atoms with Gasteiger partial charge in [0.05, 0.1) is 5.69 Å². The molecule has 3 aliphatic rings. The van der Waals surface area contributed by atoms with Crippen molar-refractivity contribution in [2.45, 2.75) is 0 Å². The minimum Gasteiger partial charge on any atom is -0.458 e. The molecule has 3 nitrogen and oxygen atoms in total. The Hall–Kier alpha value is -5.22. The molecule has 3 aliphatic heterocycles. The lowest BCUT2D eigenvalue weighted by Gasteiger charge is -2.43. The molecule has 4 heteroatoms. The average Bonchev–Trinajstić information content (AvgIpc) is 3.01. The van der Waals surface area contributed by atoms with Crippen LogP contribution in [0.4, 0.5) is 17.1 Å². The predicted octanol–water partition coefficient (Wildman–Crippen LogP) is 7.66. The SMILES string of the molecule is c1ccc(N2c3cccc4c3B3c5c(cccc5Oc5cc6c7ccccc7c7ccccc7c6c2c53)O4)cc1. The van der Waals surface area contributed by atoms with Gasteiger partial charge in [-0.1, -0.05) is 78.9 Å². The van der Waals surface area contributed by atoms with Crippen LogP contribution in [0.15, 0.2) is 121 Å². The zero-order chi connectivity index (χ0) is 25.9. The van der Waals surface area contributed by atoms with Crippen LogP contribution in [-0.4, -0.2) is 6.71 Å². The molecule has 0 saturated heterocycles. The van der Waals surface area contributed by atoms with Crippen molar-refractivity contribution < 1.29 is 9.47 Å². The summed E-state index contributed by atoms with van der Waals surface area (Å²) in [6, 6.07) is 43.2. The summed E-state index contributed by atoms with van der Waals surface area (Å²) in [6.45, 7) is 0.0273. The maximum absolute atomic E-state index is 6.80. The summed E-state index contributed by atoms with van der Waals surface area (Å²) in [4.78, 5) is 2.43. The fourth-order valence-electron chi connectivity index (χ4n) is 7.36. The highest BCUT2D eigenvalue weighted by atomic mass is 16.5. The van der Waals surface area contributed by atoms with Gasteiger partial charge in [0.1, 0.15) is 23.0 Å². The van der Waals surface area contributed by atoms with E-state index in [-0.39, 0.29) is 6.71 Å². The molecular formula is C36H20BNO2. The average molecular weight is 509 g/mol. The summed E-state index contributed by atoms with van der Waals surface area (Å²) < 4.78 is 13.3. The molecule has 0 amide bonds. The van der Waals surface area contributed by atoms with E-state index < -0.39 is 0 Å². The van der Waals surface area contributed by atoms with Gasteiger partial charge in [-0.05, 0) is 80.3 Å². The Labute approximate surface area is 230 Å². The Morgan fingerprint density at radius 2 is 1.02 bits per heavy atom. The van der Waals surface area contributed by atoms with E-state index in [1.807, 2.05) is 6.07 Å². The van der Waals surface area contributed by atoms with Crippen LogP contribution in [0, 0.1) is 0 Å². The Morgan fingerprint density at radius 1 is 0.450 bits per heavy atom. The second-order valence-corrected chi connectivity index (χ2v) is 10.8. The lowest BCUT2D eigenvalue weighted by molar-refractivity contribution is 0.464. The lowest BCUT2D eigenvalue weighted by atomic mass is 9.33. The fourth-order valence-corrected chi connectivity index (χ4v) is 7.36. The maximum atomic E-state index is 6.80. The fraction of sp³-hybridized carbons (Fsp3) is 0. The van der Waals surface area contributed by atoms with Crippen molar-refractivity contribution >= 4 is 72.5 Å². The lowest BCUT2D eigenvalue weighted by Crippen LogP contribution is -2.61. The second-order valence-electron chi connectivity index (χ2n) is 10.8. The first-order valence-corrected chi connectivity index (χ1v) is 13.7. The zero-order valence-corrected chi connectivity index (χ0v) is 21.4. The van der Waals surface area contributed by atoms with E-state index >= 15 is 0 Å². The standard InChI is InChI=1S/C36H20BNO2/c1-2-10-21(11-3-1)38-27-16-8-17-28-33(27)37-34-29(39-28)18-9-19-30(34)40-31-20-26-24-14-5-4-12-22(24)23-13-6-7-15-25(23)32(26)36(38)35(31)37/h1-20H. The second kappa shape index (κ2) is 7.25. The molecule has 0 aromatic heterocycles. The third-order valence-electron chi connectivity index (χ3n) is 8.86. The Bertz CT molecular complexity index is 2240. The van der Waals surface area contributed by atoms with E-state index in [2.05, 4.69) is 120 Å². The minimum absolute atomic E-state index is 0.0273. The van der Waals surface area contributed by atoms with Crippen molar-refractivity contribution in [3.05, 3.63) is 121 Å². The molecular weight excluding hydrogens is 489 g/mol. The number of hydrogen-bond donors (Lipinski definition) is 0. The van der Waals surface area contributed by atoms with Gasteiger partial charge in [0.15, 0.2) is 0 Å². The topological polar surface area (TPSA) is 21.7 Å². The van der Waals surface area contributed by atoms with Gasteiger partial charge in [-0.2, -0.15) is 0 Å². The number of benzene rings is 7. The molecule has 0 spiro atoms. The van der Waals surface area contributed by atoms with E-state index in [1.165, 1.54) is 48.9 Å². The normalized spacial score (nSPS) is 13.8. The highest BCUT2D eigenvalue weighted by Crippen LogP contribution is 2.50. The number of fused-ring (bicyclic) bond motifs is 7. The summed E-state index contributed by atoms with van der Waals surface area (Å²) >= 11 is 0. The summed E-state index contributed by atoms with van der Waals surface area (Å²) in [5.74, 6) is 3.58. The first-order valence-electron chi connectivity index (χ1n) is 13.7. The predicted molar refractivity (Wildman–Crippen MR) is 165 cm³/mol. The quantitative estimate of drug-likeness (QED) is 0.168. The van der Waals surface area contributed by atoms with Crippen LogP contribution in [0.3, 0.4) is 0 Å². The Balaban J connectivity index is 1.48. The number of ether oxygens (including phenoxy) is 2. The molecule has 184 valence electrons. The van der Waals surface area contributed by atoms with Crippen LogP contribution in [0.5, 0.6) is 23.0 Å². The first-order chi connectivity index (χ1) is 19.9. The molecule has 0 atom stereocenters. The molecule has 7 aromatic carbocycles. The zero-order valence-electron chi connectivity index (χ0n) is 21.4. The van der Waals surface area contributed by atoms with Crippen LogP contribution in [-0.2, 0) is 0 Å². The van der Waals surface area contributed by atoms with Gasteiger partial charge in [0.25, 0.3) is 6.71 Å². The number of hydrogen-bond acceptors (Lipinski definition) is 3. The van der Waals surface area contributed by atoms with E-state index in [4.69, 9.17) is 9.47 Å². The molecule has 0 fully saturated rings. The highest BCUT2D eigenvalue weighted by Gasteiger charge is 2.48. The minimum atomic E-state index is 0.0273. The number of rotatable bonds is 1. The van der Waals surface area contributed by atoms with Crippen LogP contribution in [0.1, 0.15) is 0 Å². The van der Waals surface area contributed by atoms with E-state index in [0.29, 0.717) is 0 Å². The van der Waals surface area contributed by atoms with Crippen molar-refractivity contribution in [3.8, 4) is 23.0 Å². The van der Waals surface area contributed by atoms with Gasteiger partial charge in [0.2, 0.25) is 0 Å². The molecule has 40 heavy (non-hydrogen) atoms. The molecule has 0 bridgehead atoms. The largest absolute Gasteiger partial charge is 0.458 e. The summed E-state index contributed by atoms with van der Waals surface area (Å²) in [5.41, 5.74) is 6.99. The van der Waals surface area contributed by atoms with Crippen molar-refractivity contribution in [1.29, 1.82) is 0 Å². The Kier molecular flexibility index (Phi) is 3.75. The molecule has 0 saturated carbocycles. The van der Waals surface area contributed by atoms with Gasteiger partial charge < -0.3 is 14.4 Å². The van der Waals surface area contributed by atoms with E-state index in [0.717, 1.165) is 39.8 Å². The molecule has 7 aromatic rings. The third kappa shape index (κ3) is 2.43. The molecule has 0 N–H and O–H groups in total. The van der Waals surface area contributed by atoms with Crippen LogP contribution < -0.4 is 30.8 Å². The molecule has 10 rings (SSSR count). The molecule has 3 heterocycles. The van der Waals surface area contributed by atoms with Crippen molar-refractivity contribution in [1.82, 2.24) is 0 Å². The molecule has 0 aliphatic carbocycles. The van der Waals surface area contributed by atoms with Crippen molar-refractivity contribution in [2.75, 3.05) is 4.90 Å². The Morgan fingerprint density at radius 3 is 1.77 bits per heavy atom. The third-order valence-corrected chi connectivity index (χ3v) is 8.86. The van der Waals surface area contributed by atoms with Crippen LogP contribution in [0.25, 0.3) is 32.3 Å². The number of anilines is 3. The molecule has 0 unspecified atom stereocenters. The van der Waals surface area contributed by atoms with Crippen molar-refractivity contribution in [2.24, 2.45) is 0 Å². The van der Waals surface area contributed by atoms with Gasteiger partial charge >= 0.3 is 0 Å². The van der Waals surface area contributed by atoms with Gasteiger partial charge in [-0.3, -0.25) is 0 Å². The monoisotopic (exact) mass is 509 g/mol. The van der Waals surface area contributed by atoms with Crippen LogP contribution >= 0.6 is 0 Å². The van der Waals surface area contributed by atoms with Crippen LogP contribution in [0.2, 0.25) is 0 Å². The summed E-state index contributed by atoms with van der Waals surface area (Å²) in [7, 11) is 0. The smallest absolute Gasteiger partial charge is 0.266 e. The first kappa shape index (κ1) is 20.7.